The average Bonchev–Trinajstić information content (AvgIpc) is 2.33. The van der Waals surface area contributed by atoms with Crippen molar-refractivity contribution in [2.45, 2.75) is 53.4 Å². The van der Waals surface area contributed by atoms with Crippen LogP contribution in [0.2, 0.25) is 0 Å². The number of hydrogen-bond donors (Lipinski definition) is 3. The highest BCUT2D eigenvalue weighted by Crippen LogP contribution is 2.16. The monoisotopic (exact) mass is 300 g/mol. The summed E-state index contributed by atoms with van der Waals surface area (Å²) in [6.45, 7) is 9.30. The standard InChI is InChI=1S/C16H32N2O3/c1-11(2)5-13(9-17)7-15(19)18-10-14(6-12(3)4)8-16(20)21/h11-14H,5-10,17H2,1-4H3,(H,18,19)(H,20,21)/t13?,14-/m0/s1. The molecule has 1 amide bonds. The number of hydrogen-bond acceptors (Lipinski definition) is 3. The molecule has 0 aromatic heterocycles. The molecule has 0 saturated heterocycles. The number of rotatable bonds is 11. The van der Waals surface area contributed by atoms with Crippen molar-refractivity contribution in [1.29, 1.82) is 0 Å². The van der Waals surface area contributed by atoms with Gasteiger partial charge in [0.15, 0.2) is 0 Å². The van der Waals surface area contributed by atoms with Crippen molar-refractivity contribution < 1.29 is 14.7 Å². The molecule has 0 fully saturated rings. The van der Waals surface area contributed by atoms with Crippen molar-refractivity contribution in [1.82, 2.24) is 5.32 Å². The van der Waals surface area contributed by atoms with Gasteiger partial charge in [0, 0.05) is 19.4 Å². The zero-order valence-corrected chi connectivity index (χ0v) is 13.9. The van der Waals surface area contributed by atoms with Crippen molar-refractivity contribution in [2.75, 3.05) is 13.1 Å². The predicted molar refractivity (Wildman–Crippen MR) is 84.8 cm³/mol. The molecule has 0 spiro atoms. The van der Waals surface area contributed by atoms with Gasteiger partial charge >= 0.3 is 5.97 Å². The van der Waals surface area contributed by atoms with Crippen LogP contribution in [0.25, 0.3) is 0 Å². The van der Waals surface area contributed by atoms with Gasteiger partial charge in [0.25, 0.3) is 0 Å². The lowest BCUT2D eigenvalue weighted by Gasteiger charge is -2.20. The Morgan fingerprint density at radius 3 is 1.95 bits per heavy atom. The van der Waals surface area contributed by atoms with E-state index in [1.807, 2.05) is 0 Å². The fraction of sp³-hybridized carbons (Fsp3) is 0.875. The number of carbonyl (C=O) groups is 2. The highest BCUT2D eigenvalue weighted by Gasteiger charge is 2.18. The normalized spacial score (nSPS) is 14.2. The Morgan fingerprint density at radius 1 is 1.00 bits per heavy atom. The van der Waals surface area contributed by atoms with Crippen molar-refractivity contribution in [3.8, 4) is 0 Å². The summed E-state index contributed by atoms with van der Waals surface area (Å²) in [6.07, 6.45) is 2.27. The van der Waals surface area contributed by atoms with Crippen LogP contribution < -0.4 is 11.1 Å². The second-order valence-electron chi connectivity index (χ2n) is 6.83. The summed E-state index contributed by atoms with van der Waals surface area (Å²) in [5, 5.41) is 11.8. The van der Waals surface area contributed by atoms with E-state index in [-0.39, 0.29) is 24.2 Å². The Morgan fingerprint density at radius 2 is 1.52 bits per heavy atom. The average molecular weight is 300 g/mol. The van der Waals surface area contributed by atoms with E-state index in [1.54, 1.807) is 0 Å². The van der Waals surface area contributed by atoms with E-state index in [9.17, 15) is 9.59 Å². The summed E-state index contributed by atoms with van der Waals surface area (Å²) in [4.78, 5) is 22.8. The molecule has 5 nitrogen and oxygen atoms in total. The van der Waals surface area contributed by atoms with Gasteiger partial charge in [0.2, 0.25) is 5.91 Å². The molecule has 0 aliphatic carbocycles. The molecular formula is C16H32N2O3. The van der Waals surface area contributed by atoms with E-state index in [4.69, 9.17) is 10.8 Å². The molecule has 0 aliphatic rings. The number of amides is 1. The second kappa shape index (κ2) is 10.6. The Bertz CT molecular complexity index is 317. The second-order valence-corrected chi connectivity index (χ2v) is 6.83. The number of carboxylic acids is 1. The summed E-state index contributed by atoms with van der Waals surface area (Å²) in [5.74, 6) is 0.303. The van der Waals surface area contributed by atoms with Crippen LogP contribution in [0.1, 0.15) is 53.4 Å². The predicted octanol–water partition coefficient (Wildman–Crippen LogP) is 2.25. The maximum atomic E-state index is 12.0. The molecule has 0 radical (unpaired) electrons. The molecule has 124 valence electrons. The van der Waals surface area contributed by atoms with Gasteiger partial charge in [0.05, 0.1) is 0 Å². The van der Waals surface area contributed by atoms with Crippen LogP contribution in [0.5, 0.6) is 0 Å². The zero-order chi connectivity index (χ0) is 16.4. The van der Waals surface area contributed by atoms with Gasteiger partial charge in [-0.15, -0.1) is 0 Å². The van der Waals surface area contributed by atoms with E-state index < -0.39 is 5.97 Å². The topological polar surface area (TPSA) is 92.4 Å². The number of carboxylic acid groups (broad SMARTS) is 1. The maximum Gasteiger partial charge on any atom is 0.303 e. The zero-order valence-electron chi connectivity index (χ0n) is 13.9. The number of aliphatic carboxylic acids is 1. The first-order valence-corrected chi connectivity index (χ1v) is 7.93. The van der Waals surface area contributed by atoms with Gasteiger partial charge in [0.1, 0.15) is 0 Å². The fourth-order valence-corrected chi connectivity index (χ4v) is 2.67. The van der Waals surface area contributed by atoms with Gasteiger partial charge in [-0.2, -0.15) is 0 Å². The molecule has 5 heteroatoms. The summed E-state index contributed by atoms with van der Waals surface area (Å²) in [7, 11) is 0. The molecular weight excluding hydrogens is 268 g/mol. The van der Waals surface area contributed by atoms with E-state index in [0.717, 1.165) is 12.8 Å². The number of nitrogens with two attached hydrogens (primary N) is 1. The lowest BCUT2D eigenvalue weighted by atomic mass is 9.92. The van der Waals surface area contributed by atoms with Gasteiger partial charge in [-0.05, 0) is 43.1 Å². The van der Waals surface area contributed by atoms with E-state index >= 15 is 0 Å². The minimum absolute atomic E-state index is 0.00660. The molecule has 0 aromatic rings. The van der Waals surface area contributed by atoms with Crippen LogP contribution in [0.4, 0.5) is 0 Å². The van der Waals surface area contributed by atoms with Crippen molar-refractivity contribution in [3.63, 3.8) is 0 Å². The summed E-state index contributed by atoms with van der Waals surface area (Å²) >= 11 is 0. The van der Waals surface area contributed by atoms with E-state index in [0.29, 0.717) is 31.3 Å². The third-order valence-electron chi connectivity index (χ3n) is 3.47. The van der Waals surface area contributed by atoms with Gasteiger partial charge in [-0.1, -0.05) is 27.7 Å². The van der Waals surface area contributed by atoms with Crippen LogP contribution in [0, 0.1) is 23.7 Å². The fourth-order valence-electron chi connectivity index (χ4n) is 2.67. The Hall–Kier alpha value is -1.10. The van der Waals surface area contributed by atoms with E-state index in [2.05, 4.69) is 33.0 Å². The van der Waals surface area contributed by atoms with E-state index in [1.165, 1.54) is 0 Å². The quantitative estimate of drug-likeness (QED) is 0.545. The third kappa shape index (κ3) is 11.3. The molecule has 4 N–H and O–H groups in total. The molecule has 1 unspecified atom stereocenters. The number of carbonyl (C=O) groups excluding carboxylic acids is 1. The lowest BCUT2D eigenvalue weighted by molar-refractivity contribution is -0.138. The molecule has 0 aliphatic heterocycles. The molecule has 0 heterocycles. The molecule has 0 saturated carbocycles. The Balaban J connectivity index is 4.24. The first-order chi connectivity index (χ1) is 9.74. The first kappa shape index (κ1) is 19.9. The minimum Gasteiger partial charge on any atom is -0.481 e. The Kier molecular flexibility index (Phi) is 10.0. The van der Waals surface area contributed by atoms with Crippen LogP contribution in [-0.4, -0.2) is 30.1 Å². The molecule has 0 aromatic carbocycles. The Labute approximate surface area is 128 Å². The van der Waals surface area contributed by atoms with Crippen LogP contribution in [-0.2, 0) is 9.59 Å². The third-order valence-corrected chi connectivity index (χ3v) is 3.47. The molecule has 0 rings (SSSR count). The summed E-state index contributed by atoms with van der Waals surface area (Å²) in [6, 6.07) is 0. The summed E-state index contributed by atoms with van der Waals surface area (Å²) in [5.41, 5.74) is 5.70. The number of nitrogens with one attached hydrogen (secondary N) is 1. The van der Waals surface area contributed by atoms with Gasteiger partial charge < -0.3 is 16.2 Å². The highest BCUT2D eigenvalue weighted by molar-refractivity contribution is 5.76. The van der Waals surface area contributed by atoms with Crippen molar-refractivity contribution in [3.05, 3.63) is 0 Å². The highest BCUT2D eigenvalue weighted by atomic mass is 16.4. The maximum absolute atomic E-state index is 12.0. The van der Waals surface area contributed by atoms with Crippen LogP contribution in [0.3, 0.4) is 0 Å². The molecule has 21 heavy (non-hydrogen) atoms. The van der Waals surface area contributed by atoms with Crippen molar-refractivity contribution in [2.24, 2.45) is 29.4 Å². The van der Waals surface area contributed by atoms with Crippen LogP contribution >= 0.6 is 0 Å². The van der Waals surface area contributed by atoms with Gasteiger partial charge in [-0.3, -0.25) is 9.59 Å². The minimum atomic E-state index is -0.811. The smallest absolute Gasteiger partial charge is 0.303 e. The SMILES string of the molecule is CC(C)CC(CN)CC(=O)NC[C@H](CC(=O)O)CC(C)C. The van der Waals surface area contributed by atoms with Gasteiger partial charge in [-0.25, -0.2) is 0 Å². The van der Waals surface area contributed by atoms with Crippen LogP contribution in [0.15, 0.2) is 0 Å². The molecule has 2 atom stereocenters. The lowest BCUT2D eigenvalue weighted by Crippen LogP contribution is -2.33. The first-order valence-electron chi connectivity index (χ1n) is 7.93. The van der Waals surface area contributed by atoms with Crippen molar-refractivity contribution >= 4 is 11.9 Å². The summed E-state index contributed by atoms with van der Waals surface area (Å²) < 4.78 is 0. The largest absolute Gasteiger partial charge is 0.481 e. The molecule has 0 bridgehead atoms.